The van der Waals surface area contributed by atoms with Crippen molar-refractivity contribution < 1.29 is 0 Å². The first kappa shape index (κ1) is 8.11. The van der Waals surface area contributed by atoms with E-state index >= 15 is 0 Å². The molecule has 3 heteroatoms. The predicted molar refractivity (Wildman–Crippen MR) is 46.8 cm³/mol. The molecule has 1 N–H and O–H groups in total. The SMILES string of the molecule is CNc1cnn(C(C)(C)C)c1. The van der Waals surface area contributed by atoms with Gasteiger partial charge in [-0.3, -0.25) is 4.68 Å². The van der Waals surface area contributed by atoms with Crippen molar-refractivity contribution in [3.8, 4) is 0 Å². The van der Waals surface area contributed by atoms with E-state index in [0.717, 1.165) is 5.69 Å². The number of rotatable bonds is 1. The largest absolute Gasteiger partial charge is 0.386 e. The third-order valence-electron chi connectivity index (χ3n) is 1.56. The van der Waals surface area contributed by atoms with Crippen molar-refractivity contribution in [3.63, 3.8) is 0 Å². The van der Waals surface area contributed by atoms with Crippen LogP contribution in [0.1, 0.15) is 20.8 Å². The molecule has 0 aliphatic heterocycles. The monoisotopic (exact) mass is 153 g/mol. The molecular formula is C8H15N3. The van der Waals surface area contributed by atoms with Crippen molar-refractivity contribution in [3.05, 3.63) is 12.4 Å². The molecule has 1 aromatic rings. The fraction of sp³-hybridized carbons (Fsp3) is 0.625. The summed E-state index contributed by atoms with van der Waals surface area (Å²) < 4.78 is 1.94. The molecule has 1 heterocycles. The molecule has 0 saturated carbocycles. The van der Waals surface area contributed by atoms with Crippen LogP contribution in [-0.2, 0) is 5.54 Å². The third-order valence-corrected chi connectivity index (χ3v) is 1.56. The van der Waals surface area contributed by atoms with Crippen LogP contribution in [0.3, 0.4) is 0 Å². The average molecular weight is 153 g/mol. The van der Waals surface area contributed by atoms with E-state index in [9.17, 15) is 0 Å². The topological polar surface area (TPSA) is 29.9 Å². The quantitative estimate of drug-likeness (QED) is 0.665. The Morgan fingerprint density at radius 1 is 1.45 bits per heavy atom. The fourth-order valence-electron chi connectivity index (χ4n) is 0.819. The van der Waals surface area contributed by atoms with E-state index in [1.54, 1.807) is 0 Å². The number of hydrogen-bond acceptors (Lipinski definition) is 2. The number of aromatic nitrogens is 2. The molecular weight excluding hydrogens is 138 g/mol. The Labute approximate surface area is 67.4 Å². The van der Waals surface area contributed by atoms with Gasteiger partial charge in [0.15, 0.2) is 0 Å². The summed E-state index contributed by atoms with van der Waals surface area (Å²) in [4.78, 5) is 0. The predicted octanol–water partition coefficient (Wildman–Crippen LogP) is 1.68. The summed E-state index contributed by atoms with van der Waals surface area (Å²) in [7, 11) is 1.89. The summed E-state index contributed by atoms with van der Waals surface area (Å²) in [5.41, 5.74) is 1.13. The van der Waals surface area contributed by atoms with E-state index in [-0.39, 0.29) is 5.54 Å². The highest BCUT2D eigenvalue weighted by atomic mass is 15.3. The van der Waals surface area contributed by atoms with Crippen LogP contribution in [0.15, 0.2) is 12.4 Å². The molecule has 0 atom stereocenters. The van der Waals surface area contributed by atoms with Gasteiger partial charge in [0.25, 0.3) is 0 Å². The zero-order chi connectivity index (χ0) is 8.48. The first-order valence-corrected chi connectivity index (χ1v) is 3.77. The summed E-state index contributed by atoms with van der Waals surface area (Å²) in [6.07, 6.45) is 3.82. The Bertz CT molecular complexity index is 232. The van der Waals surface area contributed by atoms with Gasteiger partial charge >= 0.3 is 0 Å². The molecule has 3 nitrogen and oxygen atoms in total. The maximum Gasteiger partial charge on any atom is 0.0724 e. The van der Waals surface area contributed by atoms with E-state index < -0.39 is 0 Å². The van der Waals surface area contributed by atoms with Gasteiger partial charge in [0.2, 0.25) is 0 Å². The molecule has 0 unspecified atom stereocenters. The second-order valence-electron chi connectivity index (χ2n) is 3.59. The maximum absolute atomic E-state index is 4.21. The van der Waals surface area contributed by atoms with Crippen LogP contribution in [0, 0.1) is 0 Å². The molecule has 11 heavy (non-hydrogen) atoms. The third kappa shape index (κ3) is 1.73. The van der Waals surface area contributed by atoms with Crippen LogP contribution in [0.4, 0.5) is 5.69 Å². The number of anilines is 1. The molecule has 1 rings (SSSR count). The Morgan fingerprint density at radius 3 is 2.36 bits per heavy atom. The normalized spacial score (nSPS) is 11.6. The minimum atomic E-state index is 0.0785. The second kappa shape index (κ2) is 2.57. The van der Waals surface area contributed by atoms with Crippen molar-refractivity contribution in [2.45, 2.75) is 26.3 Å². The van der Waals surface area contributed by atoms with Crippen molar-refractivity contribution >= 4 is 5.69 Å². The van der Waals surface area contributed by atoms with Crippen molar-refractivity contribution in [2.75, 3.05) is 12.4 Å². The highest BCUT2D eigenvalue weighted by Crippen LogP contribution is 2.14. The molecule has 0 fully saturated rings. The molecule has 0 bridgehead atoms. The highest BCUT2D eigenvalue weighted by Gasteiger charge is 2.12. The zero-order valence-electron chi connectivity index (χ0n) is 7.55. The molecule has 0 aliphatic rings. The summed E-state index contributed by atoms with van der Waals surface area (Å²) in [6, 6.07) is 0. The van der Waals surface area contributed by atoms with Gasteiger partial charge in [-0.1, -0.05) is 0 Å². The molecule has 0 spiro atoms. The van der Waals surface area contributed by atoms with Gasteiger partial charge in [-0.25, -0.2) is 0 Å². The highest BCUT2D eigenvalue weighted by molar-refractivity contribution is 5.37. The van der Waals surface area contributed by atoms with E-state index in [1.807, 2.05) is 24.1 Å². The lowest BCUT2D eigenvalue weighted by Crippen LogP contribution is -2.21. The van der Waals surface area contributed by atoms with Crippen molar-refractivity contribution in [2.24, 2.45) is 0 Å². The van der Waals surface area contributed by atoms with Crippen molar-refractivity contribution in [1.82, 2.24) is 9.78 Å². The lowest BCUT2D eigenvalue weighted by molar-refractivity contribution is 0.355. The fourth-order valence-corrected chi connectivity index (χ4v) is 0.819. The lowest BCUT2D eigenvalue weighted by Gasteiger charge is -2.18. The van der Waals surface area contributed by atoms with E-state index in [2.05, 4.69) is 31.2 Å². The summed E-state index contributed by atoms with van der Waals surface area (Å²) in [5.74, 6) is 0. The standard InChI is InChI=1S/C8H15N3/c1-8(2,3)11-6-7(9-4)5-10-11/h5-6,9H,1-4H3. The number of nitrogens with one attached hydrogen (secondary N) is 1. The average Bonchev–Trinajstić information content (AvgIpc) is 2.32. The molecule has 0 saturated heterocycles. The van der Waals surface area contributed by atoms with Crippen LogP contribution in [0.2, 0.25) is 0 Å². The van der Waals surface area contributed by atoms with Gasteiger partial charge in [0.05, 0.1) is 17.4 Å². The van der Waals surface area contributed by atoms with E-state index in [4.69, 9.17) is 0 Å². The van der Waals surface area contributed by atoms with Crippen LogP contribution in [0.25, 0.3) is 0 Å². The van der Waals surface area contributed by atoms with Crippen LogP contribution in [0.5, 0.6) is 0 Å². The van der Waals surface area contributed by atoms with E-state index in [1.165, 1.54) is 0 Å². The van der Waals surface area contributed by atoms with Gasteiger partial charge in [-0.2, -0.15) is 5.10 Å². The molecule has 0 aliphatic carbocycles. The Hall–Kier alpha value is -0.990. The molecule has 0 amide bonds. The minimum absolute atomic E-state index is 0.0785. The first-order valence-electron chi connectivity index (χ1n) is 3.77. The number of nitrogens with zero attached hydrogens (tertiary/aromatic N) is 2. The summed E-state index contributed by atoms with van der Waals surface area (Å²) in [5, 5.41) is 7.25. The second-order valence-corrected chi connectivity index (χ2v) is 3.59. The lowest BCUT2D eigenvalue weighted by atomic mass is 10.1. The van der Waals surface area contributed by atoms with Crippen LogP contribution >= 0.6 is 0 Å². The summed E-state index contributed by atoms with van der Waals surface area (Å²) in [6.45, 7) is 6.37. The zero-order valence-corrected chi connectivity index (χ0v) is 7.55. The van der Waals surface area contributed by atoms with Gasteiger partial charge < -0.3 is 5.32 Å². The summed E-state index contributed by atoms with van der Waals surface area (Å²) >= 11 is 0. The maximum atomic E-state index is 4.21. The van der Waals surface area contributed by atoms with Gasteiger partial charge in [0.1, 0.15) is 0 Å². The smallest absolute Gasteiger partial charge is 0.0724 e. The Kier molecular flexibility index (Phi) is 1.89. The van der Waals surface area contributed by atoms with Crippen LogP contribution < -0.4 is 5.32 Å². The molecule has 0 radical (unpaired) electrons. The molecule has 1 aromatic heterocycles. The number of hydrogen-bond donors (Lipinski definition) is 1. The molecule has 62 valence electrons. The first-order chi connectivity index (χ1) is 5.04. The van der Waals surface area contributed by atoms with Gasteiger partial charge in [-0.05, 0) is 20.8 Å². The van der Waals surface area contributed by atoms with E-state index in [0.29, 0.717) is 0 Å². The Morgan fingerprint density at radius 2 is 2.09 bits per heavy atom. The van der Waals surface area contributed by atoms with Crippen LogP contribution in [-0.4, -0.2) is 16.8 Å². The van der Waals surface area contributed by atoms with Gasteiger partial charge in [0, 0.05) is 13.2 Å². The Balaban J connectivity index is 2.89. The molecule has 0 aromatic carbocycles. The van der Waals surface area contributed by atoms with Gasteiger partial charge in [-0.15, -0.1) is 0 Å². The van der Waals surface area contributed by atoms with Crippen molar-refractivity contribution in [1.29, 1.82) is 0 Å². The minimum Gasteiger partial charge on any atom is -0.386 e.